The highest BCUT2D eigenvalue weighted by Crippen LogP contribution is 2.26. The first kappa shape index (κ1) is 16.4. The van der Waals surface area contributed by atoms with Crippen molar-refractivity contribution in [3.8, 4) is 6.07 Å². The number of anilines is 1. The number of nitriles is 1. The Morgan fingerprint density at radius 1 is 1.43 bits per heavy atom. The number of benzene rings is 1. The van der Waals surface area contributed by atoms with E-state index in [0.29, 0.717) is 5.56 Å². The monoisotopic (exact) mass is 315 g/mol. The molecule has 0 saturated carbocycles. The molecule has 1 fully saturated rings. The van der Waals surface area contributed by atoms with E-state index in [1.54, 1.807) is 12.1 Å². The summed E-state index contributed by atoms with van der Waals surface area (Å²) in [6.07, 6.45) is 4.42. The van der Waals surface area contributed by atoms with Crippen molar-refractivity contribution in [1.82, 2.24) is 5.43 Å². The second-order valence-corrected chi connectivity index (χ2v) is 5.18. The van der Waals surface area contributed by atoms with E-state index in [1.165, 1.54) is 24.8 Å². The zero-order valence-electron chi connectivity index (χ0n) is 12.6. The van der Waals surface area contributed by atoms with Crippen molar-refractivity contribution >= 4 is 23.5 Å². The molecule has 0 aromatic heterocycles. The zero-order chi connectivity index (χ0) is 16.7. The summed E-state index contributed by atoms with van der Waals surface area (Å²) in [5.74, 6) is -0.520. The van der Waals surface area contributed by atoms with Gasteiger partial charge < -0.3 is 4.90 Å². The van der Waals surface area contributed by atoms with Crippen LogP contribution in [0.15, 0.2) is 23.3 Å². The highest BCUT2D eigenvalue weighted by atomic mass is 16.6. The van der Waals surface area contributed by atoms with Crippen molar-refractivity contribution in [3.63, 3.8) is 0 Å². The maximum absolute atomic E-state index is 11.2. The average Bonchev–Trinajstić information content (AvgIpc) is 2.56. The van der Waals surface area contributed by atoms with Gasteiger partial charge in [-0.05, 0) is 25.3 Å². The quantitative estimate of drug-likeness (QED) is 0.507. The minimum atomic E-state index is -0.520. The largest absolute Gasteiger partial charge is 0.371 e. The van der Waals surface area contributed by atoms with Gasteiger partial charge >= 0.3 is 0 Å². The number of rotatable bonds is 5. The van der Waals surface area contributed by atoms with Gasteiger partial charge in [-0.3, -0.25) is 14.9 Å². The number of nitro groups is 1. The molecule has 1 aliphatic heterocycles. The molecule has 1 heterocycles. The van der Waals surface area contributed by atoms with Gasteiger partial charge in [-0.25, -0.2) is 5.43 Å². The lowest BCUT2D eigenvalue weighted by Crippen LogP contribution is -2.30. The van der Waals surface area contributed by atoms with Crippen molar-refractivity contribution in [1.29, 1.82) is 5.26 Å². The second kappa shape index (κ2) is 7.89. The van der Waals surface area contributed by atoms with E-state index < -0.39 is 10.8 Å². The minimum absolute atomic E-state index is 0.0319. The molecule has 0 atom stereocenters. The summed E-state index contributed by atoms with van der Waals surface area (Å²) in [7, 11) is 0. The van der Waals surface area contributed by atoms with Gasteiger partial charge in [0.1, 0.15) is 6.42 Å². The van der Waals surface area contributed by atoms with Crippen LogP contribution in [0.2, 0.25) is 0 Å². The molecule has 1 N–H and O–H groups in total. The number of hydrazone groups is 1. The summed E-state index contributed by atoms with van der Waals surface area (Å²) in [6, 6.07) is 6.33. The third kappa shape index (κ3) is 4.51. The highest BCUT2D eigenvalue weighted by Gasteiger charge is 2.16. The van der Waals surface area contributed by atoms with Gasteiger partial charge in [0.15, 0.2) is 0 Å². The topological polar surface area (TPSA) is 112 Å². The van der Waals surface area contributed by atoms with Crippen LogP contribution in [0.4, 0.5) is 11.4 Å². The Balaban J connectivity index is 2.23. The first-order valence-corrected chi connectivity index (χ1v) is 7.34. The molecule has 8 nitrogen and oxygen atoms in total. The fraction of sp³-hybridized carbons (Fsp3) is 0.400. The van der Waals surface area contributed by atoms with Crippen molar-refractivity contribution in [2.24, 2.45) is 5.10 Å². The van der Waals surface area contributed by atoms with Gasteiger partial charge in [0.25, 0.3) is 11.6 Å². The Morgan fingerprint density at radius 2 is 2.17 bits per heavy atom. The molecule has 120 valence electrons. The molecule has 0 bridgehead atoms. The smallest absolute Gasteiger partial charge is 0.270 e. The van der Waals surface area contributed by atoms with Crippen LogP contribution >= 0.6 is 0 Å². The predicted octanol–water partition coefficient (Wildman–Crippen LogP) is 1.95. The van der Waals surface area contributed by atoms with Crippen LogP contribution in [-0.2, 0) is 4.79 Å². The number of nitrogens with one attached hydrogen (secondary N) is 1. The van der Waals surface area contributed by atoms with Crippen molar-refractivity contribution in [2.45, 2.75) is 25.7 Å². The predicted molar refractivity (Wildman–Crippen MR) is 85.1 cm³/mol. The van der Waals surface area contributed by atoms with E-state index in [0.717, 1.165) is 31.6 Å². The molecule has 0 aliphatic carbocycles. The molecule has 0 radical (unpaired) electrons. The van der Waals surface area contributed by atoms with Gasteiger partial charge in [-0.2, -0.15) is 10.4 Å². The van der Waals surface area contributed by atoms with Gasteiger partial charge in [0, 0.05) is 36.5 Å². The van der Waals surface area contributed by atoms with Crippen molar-refractivity contribution in [3.05, 3.63) is 33.9 Å². The number of non-ortho nitro benzene ring substituents is 1. The fourth-order valence-corrected chi connectivity index (χ4v) is 2.47. The number of piperidine rings is 1. The summed E-state index contributed by atoms with van der Waals surface area (Å²) < 4.78 is 0. The molecule has 0 spiro atoms. The lowest BCUT2D eigenvalue weighted by atomic mass is 10.1. The van der Waals surface area contributed by atoms with Gasteiger partial charge in [0.05, 0.1) is 17.2 Å². The van der Waals surface area contributed by atoms with Gasteiger partial charge in [-0.1, -0.05) is 0 Å². The molecule has 1 saturated heterocycles. The van der Waals surface area contributed by atoms with E-state index in [4.69, 9.17) is 5.26 Å². The van der Waals surface area contributed by atoms with Crippen LogP contribution in [-0.4, -0.2) is 30.1 Å². The van der Waals surface area contributed by atoms with E-state index in [-0.39, 0.29) is 12.1 Å². The van der Waals surface area contributed by atoms with Crippen molar-refractivity contribution < 1.29 is 9.72 Å². The van der Waals surface area contributed by atoms with Crippen LogP contribution in [0.1, 0.15) is 31.2 Å². The number of hydrogen-bond donors (Lipinski definition) is 1. The molecule has 23 heavy (non-hydrogen) atoms. The van der Waals surface area contributed by atoms with Crippen LogP contribution in [0.3, 0.4) is 0 Å². The Hall–Kier alpha value is -2.95. The van der Waals surface area contributed by atoms with Crippen LogP contribution < -0.4 is 10.3 Å². The normalized spacial score (nSPS) is 14.5. The molecule has 2 rings (SSSR count). The fourth-order valence-electron chi connectivity index (χ4n) is 2.47. The third-order valence-corrected chi connectivity index (χ3v) is 3.55. The summed E-state index contributed by atoms with van der Waals surface area (Å²) in [5.41, 5.74) is 3.62. The van der Waals surface area contributed by atoms with Crippen molar-refractivity contribution in [2.75, 3.05) is 18.0 Å². The van der Waals surface area contributed by atoms with E-state index in [1.807, 2.05) is 0 Å². The molecule has 1 aromatic carbocycles. The van der Waals surface area contributed by atoms with E-state index >= 15 is 0 Å². The third-order valence-electron chi connectivity index (χ3n) is 3.55. The van der Waals surface area contributed by atoms with Gasteiger partial charge in [-0.15, -0.1) is 0 Å². The summed E-state index contributed by atoms with van der Waals surface area (Å²) in [4.78, 5) is 23.9. The second-order valence-electron chi connectivity index (χ2n) is 5.18. The summed E-state index contributed by atoms with van der Waals surface area (Å²) >= 11 is 0. The Bertz CT molecular complexity index is 660. The zero-order valence-corrected chi connectivity index (χ0v) is 12.6. The maximum atomic E-state index is 11.2. The van der Waals surface area contributed by atoms with Gasteiger partial charge in [0.2, 0.25) is 0 Å². The summed E-state index contributed by atoms with van der Waals surface area (Å²) in [5, 5.41) is 23.2. The number of carbonyl (C=O) groups excluding carboxylic acids is 1. The number of nitrogens with zero attached hydrogens (tertiary/aromatic N) is 4. The highest BCUT2D eigenvalue weighted by molar-refractivity contribution is 5.90. The average molecular weight is 315 g/mol. The first-order chi connectivity index (χ1) is 11.1. The first-order valence-electron chi connectivity index (χ1n) is 7.34. The lowest BCUT2D eigenvalue weighted by Gasteiger charge is -2.29. The van der Waals surface area contributed by atoms with Crippen LogP contribution in [0, 0.1) is 21.4 Å². The number of amides is 1. The number of nitro benzene ring substituents is 1. The van der Waals surface area contributed by atoms with E-state index in [2.05, 4.69) is 15.4 Å². The Morgan fingerprint density at radius 3 is 2.83 bits per heavy atom. The maximum Gasteiger partial charge on any atom is 0.270 e. The molecule has 1 aliphatic rings. The number of carbonyl (C=O) groups is 1. The SMILES string of the molecule is N#CCC(=O)N/N=C\c1cc([N+](=O)[O-])ccc1N1CCCCC1. The lowest BCUT2D eigenvalue weighted by molar-refractivity contribution is -0.384. The minimum Gasteiger partial charge on any atom is -0.371 e. The number of hydrogen-bond acceptors (Lipinski definition) is 6. The molecule has 8 heteroatoms. The molecule has 0 unspecified atom stereocenters. The standard InChI is InChI=1S/C15H17N5O3/c16-7-6-15(21)18-17-11-12-10-13(20(22)23)4-5-14(12)19-8-2-1-3-9-19/h4-5,10-11H,1-3,6,8-9H2,(H,18,21)/b17-11-. The molecular formula is C15H17N5O3. The van der Waals surface area contributed by atoms with E-state index in [9.17, 15) is 14.9 Å². The Labute approximate surface area is 133 Å². The molecule has 1 amide bonds. The molecular weight excluding hydrogens is 298 g/mol. The molecule has 1 aromatic rings. The van der Waals surface area contributed by atoms with Crippen LogP contribution in [0.5, 0.6) is 0 Å². The summed E-state index contributed by atoms with van der Waals surface area (Å²) in [6.45, 7) is 1.78. The van der Waals surface area contributed by atoms with Crippen LogP contribution in [0.25, 0.3) is 0 Å². The Kier molecular flexibility index (Phi) is 5.63.